The molecule has 0 amide bonds. The molecule has 32 heavy (non-hydrogen) atoms. The van der Waals surface area contributed by atoms with Gasteiger partial charge in [0.1, 0.15) is 0 Å². The number of hydrogen-bond acceptors (Lipinski definition) is 3. The Morgan fingerprint density at radius 1 is 1.12 bits per heavy atom. The molecule has 4 heteroatoms. The van der Waals surface area contributed by atoms with E-state index in [2.05, 4.69) is 33.8 Å². The topological polar surface area (TPSA) is 74.6 Å². The number of ketones is 1. The van der Waals surface area contributed by atoms with Crippen LogP contribution in [0.5, 0.6) is 0 Å². The Bertz CT molecular complexity index is 801. The standard InChI is InChI=1S/C28H44O4/c1-6-20-18-15-19(29)11-13-26(3,16-18)22-12-14-27(4)21(17(2)7-10-24(30)31)8-9-23(27)28(22,5)25(20)32/h6,17-19,21-23,29H,7-16H2,1-5H3,(H,30,31)/b20-6+/t17?,18-,19+,21+,22+,23+,26-,27+,28+/m0/s1. The summed E-state index contributed by atoms with van der Waals surface area (Å²) in [5.41, 5.74) is 0.809. The molecule has 4 aliphatic carbocycles. The normalized spacial score (nSPS) is 48.5. The van der Waals surface area contributed by atoms with Crippen molar-refractivity contribution in [2.75, 3.05) is 0 Å². The highest BCUT2D eigenvalue weighted by Crippen LogP contribution is 2.71. The van der Waals surface area contributed by atoms with Gasteiger partial charge in [0.2, 0.25) is 0 Å². The van der Waals surface area contributed by atoms with Crippen molar-refractivity contribution in [3.8, 4) is 0 Å². The first-order valence-corrected chi connectivity index (χ1v) is 13.1. The van der Waals surface area contributed by atoms with Gasteiger partial charge in [-0.25, -0.2) is 0 Å². The van der Waals surface area contributed by atoms with Gasteiger partial charge in [-0.3, -0.25) is 9.59 Å². The summed E-state index contributed by atoms with van der Waals surface area (Å²) in [6.45, 7) is 11.4. The summed E-state index contributed by atoms with van der Waals surface area (Å²) in [6, 6.07) is 0. The number of carbonyl (C=O) groups is 2. The Balaban J connectivity index is 1.74. The van der Waals surface area contributed by atoms with Crippen LogP contribution >= 0.6 is 0 Å². The van der Waals surface area contributed by atoms with Crippen LogP contribution in [0.1, 0.15) is 98.8 Å². The van der Waals surface area contributed by atoms with E-state index in [-0.39, 0.29) is 34.7 Å². The molecule has 0 aromatic heterocycles. The van der Waals surface area contributed by atoms with Crippen LogP contribution in [0.15, 0.2) is 11.6 Å². The van der Waals surface area contributed by atoms with Crippen LogP contribution in [0.2, 0.25) is 0 Å². The number of rotatable bonds is 4. The number of aliphatic hydroxyl groups is 1. The Labute approximate surface area is 194 Å². The number of carbonyl (C=O) groups excluding carboxylic acids is 1. The zero-order valence-corrected chi connectivity index (χ0v) is 20.8. The van der Waals surface area contributed by atoms with Crippen molar-refractivity contribution in [2.24, 2.45) is 45.8 Å². The molecule has 2 bridgehead atoms. The van der Waals surface area contributed by atoms with E-state index in [1.807, 2.05) is 6.92 Å². The first kappa shape index (κ1) is 24.0. The molecule has 0 aromatic rings. The summed E-state index contributed by atoms with van der Waals surface area (Å²) < 4.78 is 0. The third-order valence-corrected chi connectivity index (χ3v) is 11.0. The molecule has 4 saturated carbocycles. The largest absolute Gasteiger partial charge is 0.481 e. The highest BCUT2D eigenvalue weighted by atomic mass is 16.4. The molecule has 0 saturated heterocycles. The average molecular weight is 445 g/mol. The van der Waals surface area contributed by atoms with E-state index in [0.717, 1.165) is 63.4 Å². The van der Waals surface area contributed by atoms with Gasteiger partial charge in [-0.15, -0.1) is 0 Å². The van der Waals surface area contributed by atoms with E-state index in [0.29, 0.717) is 29.5 Å². The van der Waals surface area contributed by atoms with Gasteiger partial charge in [0.15, 0.2) is 5.78 Å². The van der Waals surface area contributed by atoms with E-state index >= 15 is 0 Å². The molecule has 4 fully saturated rings. The van der Waals surface area contributed by atoms with Gasteiger partial charge >= 0.3 is 5.97 Å². The SMILES string of the molecule is C/C=C1/C(=O)[C@]2(C)[C@H](CC[C@]3(C)[C@@H](C(C)CCC(=O)O)CC[C@H]32)[C@@]2(C)CC[C@@H](O)C[C@H]1C2. The smallest absolute Gasteiger partial charge is 0.303 e. The zero-order valence-electron chi connectivity index (χ0n) is 20.8. The van der Waals surface area contributed by atoms with Crippen molar-refractivity contribution in [1.82, 2.24) is 0 Å². The van der Waals surface area contributed by atoms with Crippen molar-refractivity contribution in [3.05, 3.63) is 11.6 Å². The third kappa shape index (κ3) is 3.51. The van der Waals surface area contributed by atoms with Gasteiger partial charge in [0.05, 0.1) is 6.10 Å². The predicted octanol–water partition coefficient (Wildman–Crippen LogP) is 6.02. The molecule has 0 aromatic carbocycles. The molecule has 1 unspecified atom stereocenters. The van der Waals surface area contributed by atoms with Gasteiger partial charge in [-0.05, 0) is 111 Å². The average Bonchev–Trinajstić information content (AvgIpc) is 2.98. The van der Waals surface area contributed by atoms with Crippen LogP contribution < -0.4 is 0 Å². The molecule has 2 N–H and O–H groups in total. The predicted molar refractivity (Wildman–Crippen MR) is 126 cm³/mol. The number of carboxylic acid groups (broad SMARTS) is 1. The maximum absolute atomic E-state index is 14.4. The minimum atomic E-state index is -0.706. The Morgan fingerprint density at radius 2 is 1.84 bits per heavy atom. The van der Waals surface area contributed by atoms with Gasteiger partial charge in [0.25, 0.3) is 0 Å². The molecule has 0 heterocycles. The maximum atomic E-state index is 14.4. The second kappa shape index (κ2) is 8.25. The number of Topliss-reactive ketones (excluding diaryl/α,β-unsaturated/α-hetero) is 1. The Morgan fingerprint density at radius 3 is 2.50 bits per heavy atom. The van der Waals surface area contributed by atoms with Crippen LogP contribution in [0, 0.1) is 45.8 Å². The molecule has 180 valence electrons. The summed E-state index contributed by atoms with van der Waals surface area (Å²) in [6.07, 6.45) is 10.8. The number of fused-ring (bicyclic) bond motifs is 6. The van der Waals surface area contributed by atoms with Crippen molar-refractivity contribution in [3.63, 3.8) is 0 Å². The highest BCUT2D eigenvalue weighted by Gasteiger charge is 2.66. The van der Waals surface area contributed by atoms with Gasteiger partial charge in [0, 0.05) is 11.8 Å². The summed E-state index contributed by atoms with van der Waals surface area (Å²) in [5.74, 6) is 1.41. The van der Waals surface area contributed by atoms with Crippen LogP contribution in [0.4, 0.5) is 0 Å². The number of hydrogen-bond donors (Lipinski definition) is 2. The number of aliphatic hydroxyl groups excluding tert-OH is 1. The lowest BCUT2D eigenvalue weighted by atomic mass is 9.45. The lowest BCUT2D eigenvalue weighted by molar-refractivity contribution is -0.151. The third-order valence-electron chi connectivity index (χ3n) is 11.0. The van der Waals surface area contributed by atoms with Crippen molar-refractivity contribution >= 4 is 11.8 Å². The second-order valence-electron chi connectivity index (χ2n) is 12.6. The summed E-state index contributed by atoms with van der Waals surface area (Å²) in [5, 5.41) is 19.8. The summed E-state index contributed by atoms with van der Waals surface area (Å²) in [4.78, 5) is 25.6. The van der Waals surface area contributed by atoms with Gasteiger partial charge < -0.3 is 10.2 Å². The molecule has 4 rings (SSSR count). The number of aliphatic carboxylic acids is 1. The van der Waals surface area contributed by atoms with E-state index in [1.165, 1.54) is 0 Å². The minimum absolute atomic E-state index is 0.0889. The number of carboxylic acids is 1. The van der Waals surface area contributed by atoms with Crippen molar-refractivity contribution in [2.45, 2.75) is 105 Å². The highest BCUT2D eigenvalue weighted by molar-refractivity contribution is 6.01. The molecular formula is C28H44O4. The molecule has 4 nitrogen and oxygen atoms in total. The van der Waals surface area contributed by atoms with E-state index in [1.54, 1.807) is 0 Å². The van der Waals surface area contributed by atoms with E-state index in [4.69, 9.17) is 0 Å². The molecule has 9 atom stereocenters. The van der Waals surface area contributed by atoms with E-state index < -0.39 is 5.97 Å². The molecule has 4 aliphatic rings. The molecule has 0 radical (unpaired) electrons. The minimum Gasteiger partial charge on any atom is -0.481 e. The Hall–Kier alpha value is -1.16. The fourth-order valence-corrected chi connectivity index (χ4v) is 9.59. The molecule has 0 spiro atoms. The molecule has 0 aliphatic heterocycles. The van der Waals surface area contributed by atoms with Crippen LogP contribution in [-0.4, -0.2) is 28.1 Å². The first-order chi connectivity index (χ1) is 15.0. The van der Waals surface area contributed by atoms with Crippen LogP contribution in [0.3, 0.4) is 0 Å². The lowest BCUT2D eigenvalue weighted by Crippen LogP contribution is -2.56. The van der Waals surface area contributed by atoms with Crippen LogP contribution in [-0.2, 0) is 9.59 Å². The quantitative estimate of drug-likeness (QED) is 0.520. The van der Waals surface area contributed by atoms with Crippen molar-refractivity contribution in [1.29, 1.82) is 0 Å². The monoisotopic (exact) mass is 444 g/mol. The van der Waals surface area contributed by atoms with Gasteiger partial charge in [-0.1, -0.05) is 33.8 Å². The van der Waals surface area contributed by atoms with E-state index in [9.17, 15) is 19.8 Å². The summed E-state index contributed by atoms with van der Waals surface area (Å²) >= 11 is 0. The zero-order chi connectivity index (χ0) is 23.5. The first-order valence-electron chi connectivity index (χ1n) is 13.1. The summed E-state index contributed by atoms with van der Waals surface area (Å²) in [7, 11) is 0. The van der Waals surface area contributed by atoms with Crippen LogP contribution in [0.25, 0.3) is 0 Å². The second-order valence-corrected chi connectivity index (χ2v) is 12.6. The lowest BCUT2D eigenvalue weighted by Gasteiger charge is -2.58. The maximum Gasteiger partial charge on any atom is 0.303 e. The van der Waals surface area contributed by atoms with Gasteiger partial charge in [-0.2, -0.15) is 0 Å². The molecular weight excluding hydrogens is 400 g/mol. The fourth-order valence-electron chi connectivity index (χ4n) is 9.59. The Kier molecular flexibility index (Phi) is 6.18. The van der Waals surface area contributed by atoms with Crippen molar-refractivity contribution < 1.29 is 19.8 Å². The number of allylic oxidation sites excluding steroid dienone is 2. The fraction of sp³-hybridized carbons (Fsp3) is 0.857.